The highest BCUT2D eigenvalue weighted by molar-refractivity contribution is 5.94. The topological polar surface area (TPSA) is 46.6 Å². The molecule has 1 aromatic rings. The van der Waals surface area contributed by atoms with Gasteiger partial charge in [0.05, 0.1) is 6.04 Å². The zero-order valence-electron chi connectivity index (χ0n) is 10.9. The SMILES string of the molecule is CC1C(=O)[C@H]2CC[C@H]2N1C(=O)OCc1ccccc1. The summed E-state index contributed by atoms with van der Waals surface area (Å²) in [6.07, 6.45) is 1.47. The van der Waals surface area contributed by atoms with Crippen LogP contribution < -0.4 is 0 Å². The van der Waals surface area contributed by atoms with Crippen molar-refractivity contribution < 1.29 is 14.3 Å². The second-order valence-corrected chi connectivity index (χ2v) is 5.28. The standard InChI is InChI=1S/C15H17NO3/c1-10-14(17)12-7-8-13(12)16(10)15(18)19-9-11-5-3-2-4-6-11/h2-6,10,12-13H,7-9H2,1H3/t10?,12-,13+/m0/s1. The molecule has 2 aliphatic rings. The molecule has 100 valence electrons. The first-order valence-electron chi connectivity index (χ1n) is 6.71. The van der Waals surface area contributed by atoms with E-state index >= 15 is 0 Å². The lowest BCUT2D eigenvalue weighted by atomic mass is 9.79. The van der Waals surface area contributed by atoms with Gasteiger partial charge >= 0.3 is 6.09 Å². The Kier molecular flexibility index (Phi) is 3.01. The number of nitrogens with zero attached hydrogens (tertiary/aromatic N) is 1. The van der Waals surface area contributed by atoms with E-state index in [0.29, 0.717) is 0 Å². The highest BCUT2D eigenvalue weighted by Crippen LogP contribution is 2.41. The number of hydrogen-bond acceptors (Lipinski definition) is 3. The molecule has 1 amide bonds. The Morgan fingerprint density at radius 2 is 2.05 bits per heavy atom. The summed E-state index contributed by atoms with van der Waals surface area (Å²) in [5.41, 5.74) is 0.958. The number of Topliss-reactive ketones (excluding diaryl/α,β-unsaturated/α-hetero) is 1. The molecule has 2 fully saturated rings. The van der Waals surface area contributed by atoms with E-state index in [2.05, 4.69) is 0 Å². The first-order chi connectivity index (χ1) is 9.18. The largest absolute Gasteiger partial charge is 0.445 e. The van der Waals surface area contributed by atoms with Gasteiger partial charge in [-0.2, -0.15) is 0 Å². The Hall–Kier alpha value is -1.84. The molecular formula is C15H17NO3. The van der Waals surface area contributed by atoms with Crippen molar-refractivity contribution in [2.75, 3.05) is 0 Å². The van der Waals surface area contributed by atoms with Crippen LogP contribution in [0, 0.1) is 5.92 Å². The second kappa shape index (κ2) is 4.68. The number of rotatable bonds is 2. The molecule has 1 saturated heterocycles. The fourth-order valence-electron chi connectivity index (χ4n) is 2.97. The van der Waals surface area contributed by atoms with Crippen molar-refractivity contribution in [3.8, 4) is 0 Å². The first-order valence-corrected chi connectivity index (χ1v) is 6.71. The van der Waals surface area contributed by atoms with Crippen molar-refractivity contribution in [1.82, 2.24) is 4.90 Å². The lowest BCUT2D eigenvalue weighted by molar-refractivity contribution is -0.123. The minimum absolute atomic E-state index is 0.0549. The monoisotopic (exact) mass is 259 g/mol. The molecule has 1 aliphatic carbocycles. The van der Waals surface area contributed by atoms with Crippen LogP contribution in [0.2, 0.25) is 0 Å². The molecule has 0 spiro atoms. The van der Waals surface area contributed by atoms with Crippen LogP contribution in [0.3, 0.4) is 0 Å². The Morgan fingerprint density at radius 3 is 2.63 bits per heavy atom. The van der Waals surface area contributed by atoms with Gasteiger partial charge in [0.25, 0.3) is 0 Å². The molecule has 1 aliphatic heterocycles. The van der Waals surface area contributed by atoms with Crippen LogP contribution in [0.4, 0.5) is 4.79 Å². The molecule has 1 unspecified atom stereocenters. The molecule has 3 atom stereocenters. The predicted octanol–water partition coefficient (Wildman–Crippen LogP) is 2.38. The fourth-order valence-corrected chi connectivity index (χ4v) is 2.97. The number of carbonyl (C=O) groups is 2. The summed E-state index contributed by atoms with van der Waals surface area (Å²) < 4.78 is 5.32. The Balaban J connectivity index is 1.63. The summed E-state index contributed by atoms with van der Waals surface area (Å²) in [4.78, 5) is 25.6. The van der Waals surface area contributed by atoms with Gasteiger partial charge in [0.1, 0.15) is 6.61 Å². The number of ether oxygens (including phenoxy) is 1. The third-order valence-electron chi connectivity index (χ3n) is 4.21. The van der Waals surface area contributed by atoms with Crippen LogP contribution in [0.5, 0.6) is 0 Å². The van der Waals surface area contributed by atoms with Gasteiger partial charge in [-0.05, 0) is 25.3 Å². The molecule has 1 aromatic carbocycles. The fraction of sp³-hybridized carbons (Fsp3) is 0.467. The molecule has 1 heterocycles. The van der Waals surface area contributed by atoms with Crippen molar-refractivity contribution in [1.29, 1.82) is 0 Å². The Labute approximate surface area is 112 Å². The second-order valence-electron chi connectivity index (χ2n) is 5.28. The van der Waals surface area contributed by atoms with Crippen LogP contribution in [0.15, 0.2) is 30.3 Å². The van der Waals surface area contributed by atoms with Crippen LogP contribution in [0.25, 0.3) is 0 Å². The number of likely N-dealkylation sites (tertiary alicyclic amines) is 1. The highest BCUT2D eigenvalue weighted by Gasteiger charge is 2.53. The Morgan fingerprint density at radius 1 is 1.32 bits per heavy atom. The van der Waals surface area contributed by atoms with Crippen molar-refractivity contribution in [3.05, 3.63) is 35.9 Å². The summed E-state index contributed by atoms with van der Waals surface area (Å²) in [7, 11) is 0. The number of benzene rings is 1. The van der Waals surface area contributed by atoms with Crippen molar-refractivity contribution >= 4 is 11.9 Å². The summed E-state index contributed by atoms with van der Waals surface area (Å²) in [5.74, 6) is 0.243. The van der Waals surface area contributed by atoms with Gasteiger partial charge in [-0.1, -0.05) is 30.3 Å². The molecule has 0 radical (unpaired) electrons. The van der Waals surface area contributed by atoms with E-state index < -0.39 is 0 Å². The molecule has 1 saturated carbocycles. The summed E-state index contributed by atoms with van der Waals surface area (Å²) in [5, 5.41) is 0. The van der Waals surface area contributed by atoms with Gasteiger partial charge in [-0.15, -0.1) is 0 Å². The molecule has 0 aromatic heterocycles. The molecule has 0 bridgehead atoms. The van der Waals surface area contributed by atoms with E-state index in [1.165, 1.54) is 0 Å². The number of carbonyl (C=O) groups excluding carboxylic acids is 2. The van der Waals surface area contributed by atoms with Gasteiger partial charge in [0.2, 0.25) is 0 Å². The van der Waals surface area contributed by atoms with Crippen LogP contribution >= 0.6 is 0 Å². The van der Waals surface area contributed by atoms with Crippen molar-refractivity contribution in [3.63, 3.8) is 0 Å². The lowest BCUT2D eigenvalue weighted by Gasteiger charge is -2.34. The van der Waals surface area contributed by atoms with Crippen LogP contribution in [-0.4, -0.2) is 28.9 Å². The van der Waals surface area contributed by atoms with Gasteiger partial charge in [-0.25, -0.2) is 4.79 Å². The quantitative estimate of drug-likeness (QED) is 0.819. The summed E-state index contributed by atoms with van der Waals surface area (Å²) in [6, 6.07) is 9.31. The zero-order chi connectivity index (χ0) is 13.4. The van der Waals surface area contributed by atoms with Gasteiger partial charge in [-0.3, -0.25) is 9.69 Å². The van der Waals surface area contributed by atoms with E-state index in [0.717, 1.165) is 18.4 Å². The van der Waals surface area contributed by atoms with E-state index in [-0.39, 0.29) is 36.5 Å². The Bertz CT molecular complexity index is 499. The van der Waals surface area contributed by atoms with Gasteiger partial charge in [0.15, 0.2) is 5.78 Å². The number of fused-ring (bicyclic) bond motifs is 1. The van der Waals surface area contributed by atoms with E-state index in [9.17, 15) is 9.59 Å². The van der Waals surface area contributed by atoms with E-state index in [1.807, 2.05) is 30.3 Å². The highest BCUT2D eigenvalue weighted by atomic mass is 16.6. The minimum atomic E-state index is -0.364. The summed E-state index contributed by atoms with van der Waals surface area (Å²) in [6.45, 7) is 2.05. The lowest BCUT2D eigenvalue weighted by Crippen LogP contribution is -2.45. The normalized spacial score (nSPS) is 28.8. The maximum absolute atomic E-state index is 12.1. The molecule has 4 nitrogen and oxygen atoms in total. The molecule has 3 rings (SSSR count). The van der Waals surface area contributed by atoms with Crippen LogP contribution in [0.1, 0.15) is 25.3 Å². The van der Waals surface area contributed by atoms with E-state index in [4.69, 9.17) is 4.74 Å². The third-order valence-corrected chi connectivity index (χ3v) is 4.21. The maximum atomic E-state index is 12.1. The summed E-state index contributed by atoms with van der Waals surface area (Å²) >= 11 is 0. The number of hydrogen-bond donors (Lipinski definition) is 0. The molecule has 4 heteroatoms. The van der Waals surface area contributed by atoms with Crippen molar-refractivity contribution in [2.24, 2.45) is 5.92 Å². The average molecular weight is 259 g/mol. The number of ketones is 1. The average Bonchev–Trinajstić information content (AvgIpc) is 2.56. The third kappa shape index (κ3) is 2.01. The van der Waals surface area contributed by atoms with E-state index in [1.54, 1.807) is 11.8 Å². The van der Waals surface area contributed by atoms with Crippen LogP contribution in [-0.2, 0) is 16.1 Å². The number of amides is 1. The van der Waals surface area contributed by atoms with Crippen molar-refractivity contribution in [2.45, 2.75) is 38.5 Å². The first kappa shape index (κ1) is 12.2. The molecular weight excluding hydrogens is 242 g/mol. The molecule has 0 N–H and O–H groups in total. The van der Waals surface area contributed by atoms with Gasteiger partial charge < -0.3 is 4.74 Å². The predicted molar refractivity (Wildman–Crippen MR) is 69.4 cm³/mol. The maximum Gasteiger partial charge on any atom is 0.410 e. The van der Waals surface area contributed by atoms with Gasteiger partial charge in [0, 0.05) is 12.0 Å². The smallest absolute Gasteiger partial charge is 0.410 e. The zero-order valence-corrected chi connectivity index (χ0v) is 10.9. The minimum Gasteiger partial charge on any atom is -0.445 e. The molecule has 19 heavy (non-hydrogen) atoms.